The number of carbonyl (C=O) groups is 1. The van der Waals surface area contributed by atoms with Crippen LogP contribution in [0.25, 0.3) is 0 Å². The largest absolute Gasteiger partial charge is 0.478 e. The molecule has 106 valence electrons. The molecule has 0 unspecified atom stereocenters. The third kappa shape index (κ3) is 2.57. The lowest BCUT2D eigenvalue weighted by Crippen LogP contribution is -2.06. The molecule has 5 heteroatoms. The van der Waals surface area contributed by atoms with Gasteiger partial charge in [-0.25, -0.2) is 9.18 Å². The Kier molecular flexibility index (Phi) is 3.88. The number of nitrogens with zero attached hydrogens (tertiary/aromatic N) is 2. The molecule has 0 amide bonds. The summed E-state index contributed by atoms with van der Waals surface area (Å²) in [6.07, 6.45) is 0.907. The van der Waals surface area contributed by atoms with E-state index in [9.17, 15) is 9.18 Å². The van der Waals surface area contributed by atoms with E-state index in [2.05, 4.69) is 12.0 Å². The normalized spacial score (nSPS) is 10.8. The van der Waals surface area contributed by atoms with E-state index in [1.54, 1.807) is 6.07 Å². The average Bonchev–Trinajstić information content (AvgIpc) is 2.63. The second-order valence-electron chi connectivity index (χ2n) is 4.78. The van der Waals surface area contributed by atoms with Gasteiger partial charge in [-0.2, -0.15) is 5.10 Å². The molecular weight excluding hydrogens is 259 g/mol. The Balaban J connectivity index is 2.31. The van der Waals surface area contributed by atoms with Gasteiger partial charge in [-0.15, -0.1) is 0 Å². The summed E-state index contributed by atoms with van der Waals surface area (Å²) in [5.41, 5.74) is 3.63. The Morgan fingerprint density at radius 2 is 2.10 bits per heavy atom. The molecule has 1 aromatic carbocycles. The number of benzene rings is 1. The SMILES string of the molecule is CCc1c(C)nn(Cc2ccc(C(=O)O)c(F)c2)c1C. The predicted octanol–water partition coefficient (Wildman–Crippen LogP) is 2.95. The van der Waals surface area contributed by atoms with E-state index < -0.39 is 11.8 Å². The van der Waals surface area contributed by atoms with Crippen molar-refractivity contribution in [1.82, 2.24) is 9.78 Å². The van der Waals surface area contributed by atoms with Crippen LogP contribution in [0.15, 0.2) is 18.2 Å². The van der Waals surface area contributed by atoms with Crippen LogP contribution in [0.5, 0.6) is 0 Å². The second kappa shape index (κ2) is 5.45. The molecule has 4 nitrogen and oxygen atoms in total. The molecule has 0 bridgehead atoms. The molecule has 0 aliphatic heterocycles. The molecule has 0 atom stereocenters. The molecule has 0 spiro atoms. The number of aromatic nitrogens is 2. The summed E-state index contributed by atoms with van der Waals surface area (Å²) < 4.78 is 15.5. The number of rotatable bonds is 4. The molecule has 1 aromatic heterocycles. The van der Waals surface area contributed by atoms with E-state index in [0.29, 0.717) is 12.1 Å². The maximum atomic E-state index is 13.6. The highest BCUT2D eigenvalue weighted by molar-refractivity contribution is 5.87. The summed E-state index contributed by atoms with van der Waals surface area (Å²) in [5, 5.41) is 13.2. The van der Waals surface area contributed by atoms with E-state index in [1.807, 2.05) is 18.5 Å². The smallest absolute Gasteiger partial charge is 0.338 e. The maximum Gasteiger partial charge on any atom is 0.338 e. The lowest BCUT2D eigenvalue weighted by molar-refractivity contribution is 0.0692. The van der Waals surface area contributed by atoms with Crippen molar-refractivity contribution < 1.29 is 14.3 Å². The number of aromatic carboxylic acids is 1. The molecule has 2 aromatic rings. The van der Waals surface area contributed by atoms with Crippen LogP contribution in [-0.4, -0.2) is 20.9 Å². The first-order valence-corrected chi connectivity index (χ1v) is 6.48. The van der Waals surface area contributed by atoms with Crippen LogP contribution < -0.4 is 0 Å². The van der Waals surface area contributed by atoms with E-state index in [0.717, 1.165) is 17.8 Å². The third-order valence-electron chi connectivity index (χ3n) is 3.48. The van der Waals surface area contributed by atoms with Crippen LogP contribution in [0.2, 0.25) is 0 Å². The fourth-order valence-corrected chi connectivity index (χ4v) is 2.40. The van der Waals surface area contributed by atoms with Crippen molar-refractivity contribution >= 4 is 5.97 Å². The Morgan fingerprint density at radius 1 is 1.40 bits per heavy atom. The minimum absolute atomic E-state index is 0.309. The molecule has 0 aliphatic rings. The standard InChI is InChI=1S/C15H17FN2O2/c1-4-12-9(2)17-18(10(12)3)8-11-5-6-13(15(19)20)14(16)7-11/h5-7H,4,8H2,1-3H3,(H,19,20). The third-order valence-corrected chi connectivity index (χ3v) is 3.48. The molecular formula is C15H17FN2O2. The van der Waals surface area contributed by atoms with Crippen molar-refractivity contribution in [3.63, 3.8) is 0 Å². The Hall–Kier alpha value is -2.17. The highest BCUT2D eigenvalue weighted by atomic mass is 19.1. The summed E-state index contributed by atoms with van der Waals surface area (Å²) in [6, 6.07) is 4.17. The van der Waals surface area contributed by atoms with Gasteiger partial charge in [0.2, 0.25) is 0 Å². The van der Waals surface area contributed by atoms with Crippen molar-refractivity contribution in [2.75, 3.05) is 0 Å². The zero-order chi connectivity index (χ0) is 14.9. The first kappa shape index (κ1) is 14.2. The zero-order valence-corrected chi connectivity index (χ0v) is 11.8. The van der Waals surface area contributed by atoms with Gasteiger partial charge in [-0.1, -0.05) is 13.0 Å². The lowest BCUT2D eigenvalue weighted by Gasteiger charge is -2.06. The van der Waals surface area contributed by atoms with Gasteiger partial charge in [0.15, 0.2) is 0 Å². The van der Waals surface area contributed by atoms with Crippen molar-refractivity contribution in [1.29, 1.82) is 0 Å². The highest BCUT2D eigenvalue weighted by Crippen LogP contribution is 2.17. The van der Waals surface area contributed by atoms with Crippen molar-refractivity contribution in [2.24, 2.45) is 0 Å². The summed E-state index contributed by atoms with van der Waals surface area (Å²) >= 11 is 0. The molecule has 0 saturated carbocycles. The van der Waals surface area contributed by atoms with Gasteiger partial charge in [-0.3, -0.25) is 4.68 Å². The minimum Gasteiger partial charge on any atom is -0.478 e. The van der Waals surface area contributed by atoms with Crippen LogP contribution in [0.3, 0.4) is 0 Å². The first-order valence-electron chi connectivity index (χ1n) is 6.48. The predicted molar refractivity (Wildman–Crippen MR) is 73.5 cm³/mol. The fourth-order valence-electron chi connectivity index (χ4n) is 2.40. The van der Waals surface area contributed by atoms with Gasteiger partial charge >= 0.3 is 5.97 Å². The number of hydrogen-bond donors (Lipinski definition) is 1. The molecule has 1 N–H and O–H groups in total. The molecule has 1 heterocycles. The number of halogens is 1. The fraction of sp³-hybridized carbons (Fsp3) is 0.333. The van der Waals surface area contributed by atoms with Gasteiger partial charge in [0.1, 0.15) is 5.82 Å². The summed E-state index contributed by atoms with van der Waals surface area (Å²) in [4.78, 5) is 10.8. The summed E-state index contributed by atoms with van der Waals surface area (Å²) in [7, 11) is 0. The van der Waals surface area contributed by atoms with Crippen molar-refractivity contribution in [3.8, 4) is 0 Å². The second-order valence-corrected chi connectivity index (χ2v) is 4.78. The van der Waals surface area contributed by atoms with Gasteiger partial charge in [-0.05, 0) is 43.5 Å². The summed E-state index contributed by atoms with van der Waals surface area (Å²) in [5.74, 6) is -1.97. The molecule has 20 heavy (non-hydrogen) atoms. The number of carboxylic acids is 1. The summed E-state index contributed by atoms with van der Waals surface area (Å²) in [6.45, 7) is 6.45. The Bertz CT molecular complexity index is 662. The zero-order valence-electron chi connectivity index (χ0n) is 11.8. The van der Waals surface area contributed by atoms with Gasteiger partial charge in [0.05, 0.1) is 17.8 Å². The average molecular weight is 276 g/mol. The van der Waals surface area contributed by atoms with Gasteiger partial charge in [0.25, 0.3) is 0 Å². The van der Waals surface area contributed by atoms with E-state index in [-0.39, 0.29) is 5.56 Å². The topological polar surface area (TPSA) is 55.1 Å². The number of hydrogen-bond acceptors (Lipinski definition) is 2. The van der Waals surface area contributed by atoms with E-state index in [1.165, 1.54) is 17.7 Å². The molecule has 0 radical (unpaired) electrons. The Morgan fingerprint density at radius 3 is 2.60 bits per heavy atom. The minimum atomic E-state index is -1.26. The number of aryl methyl sites for hydroxylation is 1. The monoisotopic (exact) mass is 276 g/mol. The quantitative estimate of drug-likeness (QED) is 0.934. The van der Waals surface area contributed by atoms with Crippen LogP contribution >= 0.6 is 0 Å². The molecule has 0 aliphatic carbocycles. The maximum absolute atomic E-state index is 13.6. The van der Waals surface area contributed by atoms with Gasteiger partial charge in [0, 0.05) is 5.69 Å². The molecule has 0 saturated heterocycles. The van der Waals surface area contributed by atoms with Crippen molar-refractivity contribution in [2.45, 2.75) is 33.7 Å². The van der Waals surface area contributed by atoms with E-state index >= 15 is 0 Å². The lowest BCUT2D eigenvalue weighted by atomic mass is 10.1. The van der Waals surface area contributed by atoms with E-state index in [4.69, 9.17) is 5.11 Å². The number of carboxylic acid groups (broad SMARTS) is 1. The van der Waals surface area contributed by atoms with Crippen LogP contribution in [0, 0.1) is 19.7 Å². The van der Waals surface area contributed by atoms with Crippen molar-refractivity contribution in [3.05, 3.63) is 52.1 Å². The Labute approximate surface area is 116 Å². The first-order chi connectivity index (χ1) is 9.43. The molecule has 0 fully saturated rings. The van der Waals surface area contributed by atoms with Crippen LogP contribution in [0.1, 0.15) is 39.8 Å². The molecule has 2 rings (SSSR count). The van der Waals surface area contributed by atoms with Gasteiger partial charge < -0.3 is 5.11 Å². The highest BCUT2D eigenvalue weighted by Gasteiger charge is 2.13. The van der Waals surface area contributed by atoms with Crippen LogP contribution in [0.4, 0.5) is 4.39 Å². The van der Waals surface area contributed by atoms with Crippen LogP contribution in [-0.2, 0) is 13.0 Å².